The van der Waals surface area contributed by atoms with Crippen LogP contribution in [0.15, 0.2) is 24.5 Å². The van der Waals surface area contributed by atoms with Crippen LogP contribution in [0.1, 0.15) is 47.1 Å². The fourth-order valence-electron chi connectivity index (χ4n) is 3.54. The number of aryl methyl sites for hydroxylation is 1. The summed E-state index contributed by atoms with van der Waals surface area (Å²) in [6, 6.07) is 2.64. The zero-order chi connectivity index (χ0) is 24.2. The van der Waals surface area contributed by atoms with Crippen LogP contribution in [-0.2, 0) is 11.3 Å². The van der Waals surface area contributed by atoms with Crippen LogP contribution in [0.2, 0.25) is 0 Å². The van der Waals surface area contributed by atoms with Crippen LogP contribution < -0.4 is 14.8 Å². The predicted molar refractivity (Wildman–Crippen MR) is 115 cm³/mol. The van der Waals surface area contributed by atoms with Crippen molar-refractivity contribution in [2.24, 2.45) is 0 Å². The summed E-state index contributed by atoms with van der Waals surface area (Å²) in [7, 11) is 1.30. The van der Waals surface area contributed by atoms with Gasteiger partial charge in [0.25, 0.3) is 0 Å². The molecule has 1 aliphatic heterocycles. The summed E-state index contributed by atoms with van der Waals surface area (Å²) in [4.78, 5) is 19.7. The Labute approximate surface area is 193 Å². The third-order valence-electron chi connectivity index (χ3n) is 5.29. The Bertz CT molecular complexity index is 1180. The molecule has 1 saturated heterocycles. The van der Waals surface area contributed by atoms with E-state index in [1.165, 1.54) is 43.2 Å². The Hall–Kier alpha value is -3.80. The number of carboxylic acids is 1. The number of nitrogens with zero attached hydrogens (tertiary/aromatic N) is 4. The highest BCUT2D eigenvalue weighted by molar-refractivity contribution is 5.86. The SMILES string of the molecule is COc1cc(C)c(F)c(COc2cnc(Nc3cc(C(=O)O)nn3C3CCCCO3)nc2)c1F. The molecule has 0 amide bonds. The van der Waals surface area contributed by atoms with E-state index in [0.717, 1.165) is 12.8 Å². The molecule has 1 atom stereocenters. The molecule has 34 heavy (non-hydrogen) atoms. The van der Waals surface area contributed by atoms with Crippen molar-refractivity contribution >= 4 is 17.7 Å². The van der Waals surface area contributed by atoms with Crippen molar-refractivity contribution in [2.75, 3.05) is 19.0 Å². The first-order chi connectivity index (χ1) is 16.4. The van der Waals surface area contributed by atoms with Crippen LogP contribution in [0, 0.1) is 18.6 Å². The summed E-state index contributed by atoms with van der Waals surface area (Å²) in [5, 5.41) is 16.4. The molecule has 180 valence electrons. The van der Waals surface area contributed by atoms with Gasteiger partial charge in [0.2, 0.25) is 5.95 Å². The lowest BCUT2D eigenvalue weighted by atomic mass is 10.1. The number of aromatic carboxylic acids is 1. The lowest BCUT2D eigenvalue weighted by Gasteiger charge is -2.24. The lowest BCUT2D eigenvalue weighted by Crippen LogP contribution is -2.21. The van der Waals surface area contributed by atoms with Gasteiger partial charge in [-0.3, -0.25) is 0 Å². The minimum Gasteiger partial charge on any atom is -0.494 e. The number of carbonyl (C=O) groups is 1. The molecule has 4 rings (SSSR count). The van der Waals surface area contributed by atoms with Gasteiger partial charge in [-0.05, 0) is 37.8 Å². The summed E-state index contributed by atoms with van der Waals surface area (Å²) in [6.07, 6.45) is 4.81. The molecule has 0 bridgehead atoms. The van der Waals surface area contributed by atoms with Gasteiger partial charge in [-0.15, -0.1) is 0 Å². The molecule has 0 aliphatic carbocycles. The molecule has 1 aliphatic rings. The third-order valence-corrected chi connectivity index (χ3v) is 5.29. The van der Waals surface area contributed by atoms with E-state index in [-0.39, 0.29) is 40.9 Å². The number of nitrogens with one attached hydrogen (secondary N) is 1. The van der Waals surface area contributed by atoms with E-state index in [0.29, 0.717) is 18.8 Å². The number of hydrogen-bond donors (Lipinski definition) is 2. The first-order valence-corrected chi connectivity index (χ1v) is 10.5. The Balaban J connectivity index is 1.48. The quantitative estimate of drug-likeness (QED) is 0.498. The van der Waals surface area contributed by atoms with Crippen molar-refractivity contribution in [3.8, 4) is 11.5 Å². The van der Waals surface area contributed by atoms with Crippen LogP contribution in [0.5, 0.6) is 11.5 Å². The number of benzene rings is 1. The van der Waals surface area contributed by atoms with Crippen LogP contribution in [-0.4, -0.2) is 44.5 Å². The van der Waals surface area contributed by atoms with Crippen molar-refractivity contribution in [1.29, 1.82) is 0 Å². The molecule has 3 heterocycles. The van der Waals surface area contributed by atoms with Crippen molar-refractivity contribution in [3.63, 3.8) is 0 Å². The molecule has 12 heteroatoms. The Morgan fingerprint density at radius 1 is 1.26 bits per heavy atom. The summed E-state index contributed by atoms with van der Waals surface area (Å²) in [6.45, 7) is 1.67. The minimum atomic E-state index is -1.17. The first kappa shape index (κ1) is 23.4. The zero-order valence-corrected chi connectivity index (χ0v) is 18.5. The molecular weight excluding hydrogens is 452 g/mol. The highest BCUT2D eigenvalue weighted by atomic mass is 19.1. The maximum atomic E-state index is 14.4. The second kappa shape index (κ2) is 10.00. The summed E-state index contributed by atoms with van der Waals surface area (Å²) in [5.74, 6) is -2.12. The van der Waals surface area contributed by atoms with E-state index in [1.807, 2.05) is 0 Å². The summed E-state index contributed by atoms with van der Waals surface area (Å²) >= 11 is 0. The number of ether oxygens (including phenoxy) is 3. The number of anilines is 2. The second-order valence-electron chi connectivity index (χ2n) is 7.64. The normalized spacial score (nSPS) is 15.7. The largest absolute Gasteiger partial charge is 0.494 e. The van der Waals surface area contributed by atoms with Gasteiger partial charge in [0, 0.05) is 12.7 Å². The van der Waals surface area contributed by atoms with Crippen molar-refractivity contribution in [1.82, 2.24) is 19.7 Å². The van der Waals surface area contributed by atoms with E-state index >= 15 is 0 Å². The molecule has 0 radical (unpaired) electrons. The Morgan fingerprint density at radius 2 is 2.03 bits per heavy atom. The number of methoxy groups -OCH3 is 1. The number of aromatic nitrogens is 4. The molecular formula is C22H23F2N5O5. The van der Waals surface area contributed by atoms with E-state index in [2.05, 4.69) is 20.4 Å². The third kappa shape index (κ3) is 4.91. The molecule has 2 N–H and O–H groups in total. The van der Waals surface area contributed by atoms with Crippen molar-refractivity contribution < 1.29 is 32.9 Å². The second-order valence-corrected chi connectivity index (χ2v) is 7.64. The molecule has 1 aromatic carbocycles. The van der Waals surface area contributed by atoms with Crippen LogP contribution in [0.3, 0.4) is 0 Å². The van der Waals surface area contributed by atoms with Gasteiger partial charge >= 0.3 is 5.97 Å². The van der Waals surface area contributed by atoms with Gasteiger partial charge in [0.15, 0.2) is 29.2 Å². The molecule has 0 saturated carbocycles. The van der Waals surface area contributed by atoms with Gasteiger partial charge in [-0.2, -0.15) is 5.10 Å². The topological polar surface area (TPSA) is 121 Å². The maximum Gasteiger partial charge on any atom is 0.356 e. The van der Waals surface area contributed by atoms with Crippen LogP contribution in [0.4, 0.5) is 20.5 Å². The number of hydrogen-bond acceptors (Lipinski definition) is 8. The molecule has 3 aromatic rings. The minimum absolute atomic E-state index is 0.0763. The van der Waals surface area contributed by atoms with Gasteiger partial charge in [-0.1, -0.05) is 0 Å². The molecule has 0 spiro atoms. The predicted octanol–water partition coefficient (Wildman–Crippen LogP) is 3.99. The Morgan fingerprint density at radius 3 is 2.68 bits per heavy atom. The van der Waals surface area contributed by atoms with Gasteiger partial charge in [0.1, 0.15) is 18.2 Å². The van der Waals surface area contributed by atoms with Gasteiger partial charge < -0.3 is 24.6 Å². The summed E-state index contributed by atoms with van der Waals surface area (Å²) < 4.78 is 46.4. The number of halogens is 2. The average molecular weight is 475 g/mol. The zero-order valence-electron chi connectivity index (χ0n) is 18.5. The summed E-state index contributed by atoms with van der Waals surface area (Å²) in [5.41, 5.74) is -0.183. The van der Waals surface area contributed by atoms with Crippen molar-refractivity contribution in [3.05, 3.63) is 53.0 Å². The molecule has 1 fully saturated rings. The molecule has 2 aromatic heterocycles. The fourth-order valence-corrected chi connectivity index (χ4v) is 3.54. The fraction of sp³-hybridized carbons (Fsp3) is 0.364. The smallest absolute Gasteiger partial charge is 0.356 e. The monoisotopic (exact) mass is 475 g/mol. The molecule has 1 unspecified atom stereocenters. The highest BCUT2D eigenvalue weighted by Crippen LogP contribution is 2.29. The first-order valence-electron chi connectivity index (χ1n) is 10.5. The number of rotatable bonds is 8. The van der Waals surface area contributed by atoms with Crippen LogP contribution >= 0.6 is 0 Å². The van der Waals surface area contributed by atoms with Gasteiger partial charge in [-0.25, -0.2) is 28.2 Å². The Kier molecular flexibility index (Phi) is 6.87. The number of carboxylic acid groups (broad SMARTS) is 1. The standard InChI is InChI=1S/C22H23F2N5O5/c1-12-7-16(32-2)20(24)14(19(12)23)11-34-13-9-25-22(26-10-13)27-17-8-15(21(30)31)28-29(17)18-5-3-4-6-33-18/h7-10,18H,3-6,11H2,1-2H3,(H,30,31)(H,25,26,27). The molecule has 10 nitrogen and oxygen atoms in total. The van der Waals surface area contributed by atoms with Gasteiger partial charge in [0.05, 0.1) is 25.1 Å². The highest BCUT2D eigenvalue weighted by Gasteiger charge is 2.23. The van der Waals surface area contributed by atoms with E-state index < -0.39 is 23.8 Å². The van der Waals surface area contributed by atoms with E-state index in [4.69, 9.17) is 14.2 Å². The van der Waals surface area contributed by atoms with Crippen LogP contribution in [0.25, 0.3) is 0 Å². The van der Waals surface area contributed by atoms with E-state index in [9.17, 15) is 18.7 Å². The van der Waals surface area contributed by atoms with E-state index in [1.54, 1.807) is 0 Å². The lowest BCUT2D eigenvalue weighted by molar-refractivity contribution is -0.0382. The average Bonchev–Trinajstić information content (AvgIpc) is 3.27. The maximum absolute atomic E-state index is 14.4. The van der Waals surface area contributed by atoms with Crippen molar-refractivity contribution in [2.45, 2.75) is 39.0 Å².